The van der Waals surface area contributed by atoms with Gasteiger partial charge in [-0.05, 0) is 59.3 Å². The molecule has 5 nitrogen and oxygen atoms in total. The minimum absolute atomic E-state index is 0.0918. The van der Waals surface area contributed by atoms with Crippen LogP contribution in [0.4, 0.5) is 0 Å². The molecule has 1 aromatic rings. The number of halogens is 1. The number of hydrogen-bond donors (Lipinski definition) is 2. The molecule has 2 N–H and O–H groups in total. The molecule has 1 aliphatic rings. The van der Waals surface area contributed by atoms with Crippen molar-refractivity contribution in [3.63, 3.8) is 0 Å². The maximum absolute atomic E-state index is 12.5. The molecule has 2 atom stereocenters. The highest BCUT2D eigenvalue weighted by atomic mass is 79.9. The number of thioether (sulfide) groups is 1. The maximum Gasteiger partial charge on any atom is 0.253 e. The zero-order valence-electron chi connectivity index (χ0n) is 13.7. The third-order valence-corrected chi connectivity index (χ3v) is 5.21. The SMILES string of the molecule is CSCCC(NC(=O)c1ccccc1Br)C(=O)NCC1CCCO1. The lowest BCUT2D eigenvalue weighted by atomic mass is 10.1. The van der Waals surface area contributed by atoms with Crippen LogP contribution in [-0.4, -0.2) is 49.1 Å². The van der Waals surface area contributed by atoms with E-state index in [9.17, 15) is 9.59 Å². The summed E-state index contributed by atoms with van der Waals surface area (Å²) in [6.45, 7) is 1.26. The molecule has 24 heavy (non-hydrogen) atoms. The molecule has 2 amide bonds. The summed E-state index contributed by atoms with van der Waals surface area (Å²) in [6.07, 6.45) is 4.68. The van der Waals surface area contributed by atoms with Crippen LogP contribution in [0.15, 0.2) is 28.7 Å². The molecule has 1 fully saturated rings. The fourth-order valence-electron chi connectivity index (χ4n) is 2.53. The third-order valence-electron chi connectivity index (χ3n) is 3.88. The number of rotatable bonds is 8. The maximum atomic E-state index is 12.5. The van der Waals surface area contributed by atoms with Crippen molar-refractivity contribution in [1.29, 1.82) is 0 Å². The van der Waals surface area contributed by atoms with Crippen molar-refractivity contribution in [2.24, 2.45) is 0 Å². The molecule has 2 unspecified atom stereocenters. The summed E-state index contributed by atoms with van der Waals surface area (Å²) >= 11 is 5.02. The standard InChI is InChI=1S/C17H23BrN2O3S/c1-24-10-8-15(17(22)19-11-12-5-4-9-23-12)20-16(21)13-6-2-3-7-14(13)18/h2-3,6-7,12,15H,4-5,8-11H2,1H3,(H,19,22)(H,20,21). The molecule has 1 heterocycles. The first-order chi connectivity index (χ1) is 11.6. The quantitative estimate of drug-likeness (QED) is 0.685. The van der Waals surface area contributed by atoms with E-state index in [-0.39, 0.29) is 17.9 Å². The van der Waals surface area contributed by atoms with E-state index in [2.05, 4.69) is 26.6 Å². The molecule has 7 heteroatoms. The van der Waals surface area contributed by atoms with Crippen LogP contribution in [0.2, 0.25) is 0 Å². The van der Waals surface area contributed by atoms with E-state index in [0.29, 0.717) is 23.0 Å². The average Bonchev–Trinajstić information content (AvgIpc) is 3.10. The second kappa shape index (κ2) is 10.1. The second-order valence-electron chi connectivity index (χ2n) is 5.67. The van der Waals surface area contributed by atoms with Gasteiger partial charge in [-0.2, -0.15) is 11.8 Å². The van der Waals surface area contributed by atoms with Crippen LogP contribution in [0.1, 0.15) is 29.6 Å². The summed E-state index contributed by atoms with van der Waals surface area (Å²) in [5, 5.41) is 5.75. The van der Waals surface area contributed by atoms with Gasteiger partial charge >= 0.3 is 0 Å². The van der Waals surface area contributed by atoms with Crippen LogP contribution in [0.5, 0.6) is 0 Å². The molecule has 1 aliphatic heterocycles. The normalized spacial score (nSPS) is 18.2. The summed E-state index contributed by atoms with van der Waals surface area (Å²) in [5.41, 5.74) is 0.526. The van der Waals surface area contributed by atoms with Gasteiger partial charge in [0, 0.05) is 17.6 Å². The lowest BCUT2D eigenvalue weighted by molar-refractivity contribution is -0.123. The predicted octanol–water partition coefficient (Wildman–Crippen LogP) is 2.60. The fraction of sp³-hybridized carbons (Fsp3) is 0.529. The van der Waals surface area contributed by atoms with Crippen molar-refractivity contribution in [3.05, 3.63) is 34.3 Å². The molecule has 1 saturated heterocycles. The number of ether oxygens (including phenoxy) is 1. The zero-order valence-corrected chi connectivity index (χ0v) is 16.1. The Morgan fingerprint density at radius 1 is 1.42 bits per heavy atom. The van der Waals surface area contributed by atoms with Gasteiger partial charge in [-0.25, -0.2) is 0 Å². The van der Waals surface area contributed by atoms with E-state index < -0.39 is 6.04 Å². The van der Waals surface area contributed by atoms with Gasteiger partial charge in [0.1, 0.15) is 6.04 Å². The number of benzene rings is 1. The van der Waals surface area contributed by atoms with Crippen LogP contribution in [0, 0.1) is 0 Å². The van der Waals surface area contributed by atoms with Crippen molar-refractivity contribution in [2.75, 3.05) is 25.2 Å². The Balaban J connectivity index is 1.94. The third kappa shape index (κ3) is 5.79. The highest BCUT2D eigenvalue weighted by Crippen LogP contribution is 2.16. The molecule has 0 spiro atoms. The van der Waals surface area contributed by atoms with E-state index in [4.69, 9.17) is 4.74 Å². The molecule has 0 bridgehead atoms. The molecule has 0 aromatic heterocycles. The first-order valence-corrected chi connectivity index (χ1v) is 10.2. The van der Waals surface area contributed by atoms with Crippen molar-refractivity contribution < 1.29 is 14.3 Å². The molecule has 0 saturated carbocycles. The molecular formula is C17H23BrN2O3S. The van der Waals surface area contributed by atoms with E-state index in [0.717, 1.165) is 25.2 Å². The van der Waals surface area contributed by atoms with Crippen molar-refractivity contribution >= 4 is 39.5 Å². The van der Waals surface area contributed by atoms with Gasteiger partial charge in [0.25, 0.3) is 5.91 Å². The summed E-state index contributed by atoms with van der Waals surface area (Å²) in [5.74, 6) is 0.398. The Morgan fingerprint density at radius 3 is 2.88 bits per heavy atom. The number of nitrogens with one attached hydrogen (secondary N) is 2. The van der Waals surface area contributed by atoms with Gasteiger partial charge in [-0.15, -0.1) is 0 Å². The topological polar surface area (TPSA) is 67.4 Å². The second-order valence-corrected chi connectivity index (χ2v) is 7.51. The number of carbonyl (C=O) groups excluding carboxylic acids is 2. The summed E-state index contributed by atoms with van der Waals surface area (Å²) in [7, 11) is 0. The first-order valence-electron chi connectivity index (χ1n) is 8.05. The Labute approximate surface area is 155 Å². The molecular weight excluding hydrogens is 392 g/mol. The Hall–Kier alpha value is -1.05. The van der Waals surface area contributed by atoms with Gasteiger partial charge in [0.2, 0.25) is 5.91 Å². The van der Waals surface area contributed by atoms with E-state index in [1.165, 1.54) is 0 Å². The summed E-state index contributed by atoms with van der Waals surface area (Å²) in [6, 6.07) is 6.64. The summed E-state index contributed by atoms with van der Waals surface area (Å²) in [4.78, 5) is 24.9. The van der Waals surface area contributed by atoms with E-state index in [1.54, 1.807) is 23.9 Å². The molecule has 0 aliphatic carbocycles. The van der Waals surface area contributed by atoms with Crippen molar-refractivity contribution in [2.45, 2.75) is 31.4 Å². The monoisotopic (exact) mass is 414 g/mol. The molecule has 1 aromatic carbocycles. The van der Waals surface area contributed by atoms with Gasteiger partial charge < -0.3 is 15.4 Å². The van der Waals surface area contributed by atoms with Crippen LogP contribution in [0.25, 0.3) is 0 Å². The molecule has 0 radical (unpaired) electrons. The van der Waals surface area contributed by atoms with Crippen molar-refractivity contribution in [1.82, 2.24) is 10.6 Å². The van der Waals surface area contributed by atoms with Gasteiger partial charge in [-0.3, -0.25) is 9.59 Å². The minimum Gasteiger partial charge on any atom is -0.376 e. The van der Waals surface area contributed by atoms with Crippen LogP contribution >= 0.6 is 27.7 Å². The minimum atomic E-state index is -0.543. The largest absolute Gasteiger partial charge is 0.376 e. The fourth-order valence-corrected chi connectivity index (χ4v) is 3.47. The zero-order chi connectivity index (χ0) is 17.4. The summed E-state index contributed by atoms with van der Waals surface area (Å²) < 4.78 is 6.23. The van der Waals surface area contributed by atoms with E-state index >= 15 is 0 Å². The first kappa shape index (κ1) is 19.3. The Morgan fingerprint density at radius 2 is 2.21 bits per heavy atom. The number of hydrogen-bond acceptors (Lipinski definition) is 4. The molecule has 2 rings (SSSR count). The van der Waals surface area contributed by atoms with Crippen LogP contribution in [-0.2, 0) is 9.53 Å². The van der Waals surface area contributed by atoms with Gasteiger partial charge in [-0.1, -0.05) is 12.1 Å². The lowest BCUT2D eigenvalue weighted by Gasteiger charge is -2.20. The number of carbonyl (C=O) groups is 2. The highest BCUT2D eigenvalue weighted by Gasteiger charge is 2.23. The smallest absolute Gasteiger partial charge is 0.253 e. The number of amides is 2. The predicted molar refractivity (Wildman–Crippen MR) is 100 cm³/mol. The van der Waals surface area contributed by atoms with Gasteiger partial charge in [0.05, 0.1) is 11.7 Å². The Kier molecular flexibility index (Phi) is 8.08. The Bertz CT molecular complexity index is 565. The van der Waals surface area contributed by atoms with Crippen LogP contribution < -0.4 is 10.6 Å². The lowest BCUT2D eigenvalue weighted by Crippen LogP contribution is -2.48. The van der Waals surface area contributed by atoms with Crippen molar-refractivity contribution in [3.8, 4) is 0 Å². The van der Waals surface area contributed by atoms with Crippen LogP contribution in [0.3, 0.4) is 0 Å². The molecule has 132 valence electrons. The average molecular weight is 415 g/mol. The van der Waals surface area contributed by atoms with Gasteiger partial charge in [0.15, 0.2) is 0 Å². The van der Waals surface area contributed by atoms with E-state index in [1.807, 2.05) is 18.4 Å². The highest BCUT2D eigenvalue weighted by molar-refractivity contribution is 9.10.